The predicted octanol–water partition coefficient (Wildman–Crippen LogP) is 1.74. The molecule has 0 aromatic carbocycles. The number of amides is 1. The summed E-state index contributed by atoms with van der Waals surface area (Å²) < 4.78 is 0. The first-order valence-corrected chi connectivity index (χ1v) is 7.63. The van der Waals surface area contributed by atoms with E-state index in [1.807, 2.05) is 19.1 Å². The molecule has 1 fully saturated rings. The molecular weight excluding hydrogens is 294 g/mol. The van der Waals surface area contributed by atoms with E-state index in [1.54, 1.807) is 6.07 Å². The maximum absolute atomic E-state index is 12.4. The van der Waals surface area contributed by atoms with Crippen LogP contribution in [0.1, 0.15) is 18.5 Å². The van der Waals surface area contributed by atoms with E-state index in [-0.39, 0.29) is 23.4 Å². The van der Waals surface area contributed by atoms with Crippen molar-refractivity contribution in [2.45, 2.75) is 19.8 Å². The molecule has 0 saturated carbocycles. The van der Waals surface area contributed by atoms with Gasteiger partial charge in [0.1, 0.15) is 0 Å². The number of hydrogen-bond donors (Lipinski definition) is 2. The van der Waals surface area contributed by atoms with E-state index in [0.29, 0.717) is 6.54 Å². The highest BCUT2D eigenvalue weighted by Crippen LogP contribution is 2.24. The molecule has 0 bridgehead atoms. The van der Waals surface area contributed by atoms with Crippen LogP contribution in [0.5, 0.6) is 5.75 Å². The molecule has 2 aromatic heterocycles. The second-order valence-electron chi connectivity index (χ2n) is 5.68. The molecule has 3 heterocycles. The fraction of sp³-hybridized carbons (Fsp3) is 0.375. The molecule has 1 unspecified atom stereocenters. The standard InChI is InChI=1S/C16H19N5O2/c1-11-6-7-14(20-19-11)21-9-3-4-12(10-21)16(23)18-15-13(22)5-2-8-17-15/h2,5-8,12,22H,3-4,9-10H2,1H3,(H,17,18,23). The zero-order valence-electron chi connectivity index (χ0n) is 12.9. The smallest absolute Gasteiger partial charge is 0.230 e. The molecule has 1 aliphatic rings. The number of carbonyl (C=O) groups excluding carboxylic acids is 1. The third kappa shape index (κ3) is 3.56. The summed E-state index contributed by atoms with van der Waals surface area (Å²) in [5.41, 5.74) is 0.866. The number of aromatic nitrogens is 3. The van der Waals surface area contributed by atoms with E-state index in [2.05, 4.69) is 25.4 Å². The molecule has 2 N–H and O–H groups in total. The fourth-order valence-corrected chi connectivity index (χ4v) is 2.67. The van der Waals surface area contributed by atoms with Crippen molar-refractivity contribution in [2.24, 2.45) is 5.92 Å². The molecule has 120 valence electrons. The Kier molecular flexibility index (Phi) is 4.36. The maximum Gasteiger partial charge on any atom is 0.230 e. The predicted molar refractivity (Wildman–Crippen MR) is 86.2 cm³/mol. The van der Waals surface area contributed by atoms with Crippen molar-refractivity contribution in [3.05, 3.63) is 36.2 Å². The van der Waals surface area contributed by atoms with Gasteiger partial charge in [0, 0.05) is 19.3 Å². The van der Waals surface area contributed by atoms with Gasteiger partial charge in [-0.15, -0.1) is 5.10 Å². The Labute approximate surface area is 134 Å². The molecule has 3 rings (SSSR count). The normalized spacial score (nSPS) is 17.8. The fourth-order valence-electron chi connectivity index (χ4n) is 2.67. The molecule has 2 aromatic rings. The Hall–Kier alpha value is -2.70. The van der Waals surface area contributed by atoms with Gasteiger partial charge in [-0.05, 0) is 44.0 Å². The summed E-state index contributed by atoms with van der Waals surface area (Å²) in [6.07, 6.45) is 3.24. The van der Waals surface area contributed by atoms with Crippen LogP contribution in [0.25, 0.3) is 0 Å². The number of piperidine rings is 1. The van der Waals surface area contributed by atoms with Gasteiger partial charge in [0.05, 0.1) is 11.6 Å². The second-order valence-corrected chi connectivity index (χ2v) is 5.68. The van der Waals surface area contributed by atoms with Crippen molar-refractivity contribution in [1.82, 2.24) is 15.2 Å². The van der Waals surface area contributed by atoms with Crippen LogP contribution >= 0.6 is 0 Å². The number of rotatable bonds is 3. The molecule has 0 radical (unpaired) electrons. The third-order valence-corrected chi connectivity index (χ3v) is 3.93. The number of carbonyl (C=O) groups is 1. The largest absolute Gasteiger partial charge is 0.504 e. The molecule has 1 atom stereocenters. The van der Waals surface area contributed by atoms with Crippen LogP contribution in [0.4, 0.5) is 11.6 Å². The molecule has 1 saturated heterocycles. The third-order valence-electron chi connectivity index (χ3n) is 3.93. The number of nitrogens with one attached hydrogen (secondary N) is 1. The van der Waals surface area contributed by atoms with Gasteiger partial charge in [0.15, 0.2) is 17.4 Å². The lowest BCUT2D eigenvalue weighted by atomic mass is 9.97. The Balaban J connectivity index is 1.67. The van der Waals surface area contributed by atoms with Crippen LogP contribution in [-0.4, -0.2) is 39.3 Å². The highest BCUT2D eigenvalue weighted by molar-refractivity contribution is 5.93. The first-order valence-electron chi connectivity index (χ1n) is 7.63. The van der Waals surface area contributed by atoms with Crippen LogP contribution in [0.3, 0.4) is 0 Å². The average molecular weight is 313 g/mol. The van der Waals surface area contributed by atoms with E-state index in [1.165, 1.54) is 12.3 Å². The Morgan fingerprint density at radius 2 is 2.22 bits per heavy atom. The molecule has 1 aliphatic heterocycles. The van der Waals surface area contributed by atoms with Gasteiger partial charge >= 0.3 is 0 Å². The molecular formula is C16H19N5O2. The number of aromatic hydroxyl groups is 1. The van der Waals surface area contributed by atoms with Crippen molar-refractivity contribution >= 4 is 17.5 Å². The molecule has 7 nitrogen and oxygen atoms in total. The minimum absolute atomic E-state index is 0.0297. The summed E-state index contributed by atoms with van der Waals surface area (Å²) >= 11 is 0. The van der Waals surface area contributed by atoms with Gasteiger partial charge in [-0.25, -0.2) is 4.98 Å². The lowest BCUT2D eigenvalue weighted by Gasteiger charge is -2.32. The number of aryl methyl sites for hydroxylation is 1. The summed E-state index contributed by atoms with van der Waals surface area (Å²) in [6.45, 7) is 3.33. The monoisotopic (exact) mass is 313 g/mol. The zero-order chi connectivity index (χ0) is 16.2. The van der Waals surface area contributed by atoms with E-state index >= 15 is 0 Å². The van der Waals surface area contributed by atoms with Gasteiger partial charge in [0.2, 0.25) is 5.91 Å². The van der Waals surface area contributed by atoms with Gasteiger partial charge in [-0.1, -0.05) is 0 Å². The lowest BCUT2D eigenvalue weighted by molar-refractivity contribution is -0.120. The molecule has 23 heavy (non-hydrogen) atoms. The van der Waals surface area contributed by atoms with E-state index in [0.717, 1.165) is 30.9 Å². The average Bonchev–Trinajstić information content (AvgIpc) is 2.58. The lowest BCUT2D eigenvalue weighted by Crippen LogP contribution is -2.41. The maximum atomic E-state index is 12.4. The summed E-state index contributed by atoms with van der Waals surface area (Å²) in [5, 5.41) is 20.7. The zero-order valence-corrected chi connectivity index (χ0v) is 12.9. The van der Waals surface area contributed by atoms with Crippen molar-refractivity contribution in [3.8, 4) is 5.75 Å². The summed E-state index contributed by atoms with van der Waals surface area (Å²) in [7, 11) is 0. The summed E-state index contributed by atoms with van der Waals surface area (Å²) in [6, 6.07) is 6.95. The van der Waals surface area contributed by atoms with Gasteiger partial charge < -0.3 is 15.3 Å². The molecule has 7 heteroatoms. The van der Waals surface area contributed by atoms with Crippen LogP contribution in [-0.2, 0) is 4.79 Å². The topological polar surface area (TPSA) is 91.2 Å². The van der Waals surface area contributed by atoms with Crippen molar-refractivity contribution in [3.63, 3.8) is 0 Å². The Morgan fingerprint density at radius 1 is 1.35 bits per heavy atom. The minimum Gasteiger partial charge on any atom is -0.504 e. The SMILES string of the molecule is Cc1ccc(N2CCCC(C(=O)Nc3ncccc3O)C2)nn1. The van der Waals surface area contributed by atoms with E-state index < -0.39 is 0 Å². The number of anilines is 2. The van der Waals surface area contributed by atoms with E-state index in [4.69, 9.17) is 0 Å². The van der Waals surface area contributed by atoms with Gasteiger partial charge in [-0.2, -0.15) is 5.10 Å². The Morgan fingerprint density at radius 3 is 2.96 bits per heavy atom. The van der Waals surface area contributed by atoms with Crippen LogP contribution in [0.2, 0.25) is 0 Å². The van der Waals surface area contributed by atoms with Crippen molar-refractivity contribution in [1.29, 1.82) is 0 Å². The van der Waals surface area contributed by atoms with Crippen molar-refractivity contribution < 1.29 is 9.90 Å². The number of nitrogens with zero attached hydrogens (tertiary/aromatic N) is 4. The summed E-state index contributed by atoms with van der Waals surface area (Å²) in [4.78, 5) is 18.5. The second kappa shape index (κ2) is 6.60. The minimum atomic E-state index is -0.173. The highest BCUT2D eigenvalue weighted by atomic mass is 16.3. The van der Waals surface area contributed by atoms with Crippen LogP contribution < -0.4 is 10.2 Å². The first kappa shape index (κ1) is 15.2. The van der Waals surface area contributed by atoms with Gasteiger partial charge in [0.25, 0.3) is 0 Å². The molecule has 0 aliphatic carbocycles. The Bertz CT molecular complexity index is 689. The van der Waals surface area contributed by atoms with Gasteiger partial charge in [-0.3, -0.25) is 4.79 Å². The van der Waals surface area contributed by atoms with Crippen molar-refractivity contribution in [2.75, 3.05) is 23.3 Å². The molecule has 1 amide bonds. The summed E-state index contributed by atoms with van der Waals surface area (Å²) in [5.74, 6) is 0.647. The number of hydrogen-bond acceptors (Lipinski definition) is 6. The quantitative estimate of drug-likeness (QED) is 0.897. The van der Waals surface area contributed by atoms with E-state index in [9.17, 15) is 9.90 Å². The highest BCUT2D eigenvalue weighted by Gasteiger charge is 2.27. The molecule has 0 spiro atoms. The van der Waals surface area contributed by atoms with Crippen LogP contribution in [0.15, 0.2) is 30.5 Å². The van der Waals surface area contributed by atoms with Crippen LogP contribution in [0, 0.1) is 12.8 Å². The number of pyridine rings is 1. The first-order chi connectivity index (χ1) is 11.1.